The maximum atomic E-state index is 14.4. The van der Waals surface area contributed by atoms with Crippen molar-refractivity contribution < 1.29 is 40.2 Å². The molecule has 0 bridgehead atoms. The summed E-state index contributed by atoms with van der Waals surface area (Å²) in [5, 5.41) is 9.05. The molecule has 0 saturated carbocycles. The van der Waals surface area contributed by atoms with Gasteiger partial charge in [-0.25, -0.2) is 17.8 Å². The minimum atomic E-state index is -4.79. The van der Waals surface area contributed by atoms with Crippen LogP contribution in [0.4, 0.5) is 27.8 Å². The van der Waals surface area contributed by atoms with Crippen molar-refractivity contribution in [1.82, 2.24) is 14.4 Å². The Hall–Kier alpha value is -3.00. The molecule has 1 atom stereocenters. The average Bonchev–Trinajstić information content (AvgIpc) is 3.11. The Morgan fingerprint density at radius 3 is 2.41 bits per heavy atom. The number of sulfone groups is 1. The second-order valence-electron chi connectivity index (χ2n) is 8.42. The molecule has 3 aromatic heterocycles. The van der Waals surface area contributed by atoms with E-state index < -0.39 is 68.1 Å². The van der Waals surface area contributed by atoms with E-state index in [0.29, 0.717) is 0 Å². The molecule has 14 heteroatoms. The van der Waals surface area contributed by atoms with Crippen molar-refractivity contribution in [3.63, 3.8) is 0 Å². The Balaban J connectivity index is 2.22. The molecule has 0 amide bonds. The third kappa shape index (κ3) is 4.64. The Morgan fingerprint density at radius 1 is 1.21 bits per heavy atom. The van der Waals surface area contributed by atoms with E-state index in [9.17, 15) is 30.4 Å². The fourth-order valence-corrected chi connectivity index (χ4v) is 4.22. The minimum absolute atomic E-state index is 0.0259. The summed E-state index contributed by atoms with van der Waals surface area (Å²) in [5.74, 6) is -5.54. The van der Waals surface area contributed by atoms with Crippen molar-refractivity contribution >= 4 is 21.3 Å². The summed E-state index contributed by atoms with van der Waals surface area (Å²) in [6.45, 7) is 1.79. The van der Waals surface area contributed by atoms with Gasteiger partial charge in [0.2, 0.25) is 5.95 Å². The molecule has 0 aliphatic rings. The molecule has 1 unspecified atom stereocenters. The summed E-state index contributed by atoms with van der Waals surface area (Å²) in [6, 6.07) is 1.82. The largest absolute Gasteiger partial charge is 0.491 e. The van der Waals surface area contributed by atoms with Crippen molar-refractivity contribution in [2.75, 3.05) is 18.9 Å². The van der Waals surface area contributed by atoms with Crippen molar-refractivity contribution in [1.29, 1.82) is 0 Å². The minimum Gasteiger partial charge on any atom is -0.491 e. The first-order valence-corrected chi connectivity index (χ1v) is 11.2. The number of nitrogens with zero attached hydrogens (tertiary/aromatic N) is 3. The number of aliphatic hydroxyl groups excluding tert-OH is 1. The van der Waals surface area contributed by atoms with Crippen molar-refractivity contribution in [3.05, 3.63) is 36.3 Å². The highest BCUT2D eigenvalue weighted by atomic mass is 32.2. The highest BCUT2D eigenvalue weighted by Crippen LogP contribution is 2.36. The maximum absolute atomic E-state index is 14.4. The zero-order valence-corrected chi connectivity index (χ0v) is 19.0. The summed E-state index contributed by atoms with van der Waals surface area (Å²) in [6.07, 6.45) is -2.68. The molecule has 8 nitrogen and oxygen atoms in total. The van der Waals surface area contributed by atoms with Gasteiger partial charge in [0, 0.05) is 12.3 Å². The normalized spacial score (nSPS) is 13.9. The first-order chi connectivity index (χ1) is 15.6. The third-order valence-corrected chi connectivity index (χ3v) is 7.52. The van der Waals surface area contributed by atoms with Crippen LogP contribution in [0.15, 0.2) is 29.4 Å². The van der Waals surface area contributed by atoms with Gasteiger partial charge in [0.15, 0.2) is 21.5 Å². The standard InChI is InChI=1S/C20H21F5N4O4S/c1-19(2,3)34(31,32)15-7-29-13(11-4-12(21)18(26)28-17(11)22)6-27-16(29)5-14(15)33-9-10(8-30)20(23,24)25/h4-7,10,30H,8-9H2,1-3H3,(H2,26,28). The molecular formula is C20H21F5N4O4S. The molecule has 3 rings (SSSR count). The number of rotatable bonds is 6. The molecule has 3 N–H and O–H groups in total. The highest BCUT2D eigenvalue weighted by Gasteiger charge is 2.40. The van der Waals surface area contributed by atoms with Gasteiger partial charge in [0.05, 0.1) is 28.8 Å². The smallest absolute Gasteiger partial charge is 0.397 e. The molecule has 0 aliphatic carbocycles. The first-order valence-electron chi connectivity index (χ1n) is 9.76. The lowest BCUT2D eigenvalue weighted by molar-refractivity contribution is -0.190. The number of aromatic nitrogens is 3. The zero-order chi connectivity index (χ0) is 25.6. The van der Waals surface area contributed by atoms with Crippen molar-refractivity contribution in [2.45, 2.75) is 36.6 Å². The SMILES string of the molecule is CC(C)(C)S(=O)(=O)c1cn2c(-c3cc(F)c(N)nc3F)cnc2cc1OCC(CO)C(F)(F)F. The first kappa shape index (κ1) is 25.6. The van der Waals surface area contributed by atoms with Crippen LogP contribution in [0.2, 0.25) is 0 Å². The van der Waals surface area contributed by atoms with Gasteiger partial charge in [-0.05, 0) is 26.8 Å². The van der Waals surface area contributed by atoms with Gasteiger partial charge in [-0.2, -0.15) is 22.5 Å². The molecule has 0 fully saturated rings. The lowest BCUT2D eigenvalue weighted by Crippen LogP contribution is -2.32. The fourth-order valence-electron chi connectivity index (χ4n) is 2.93. The Bertz CT molecular complexity index is 1330. The molecule has 0 aliphatic heterocycles. The Morgan fingerprint density at radius 2 is 1.85 bits per heavy atom. The van der Waals surface area contributed by atoms with Crippen LogP contribution < -0.4 is 10.5 Å². The molecule has 3 heterocycles. The number of halogens is 5. The van der Waals surface area contributed by atoms with Crippen molar-refractivity contribution in [3.8, 4) is 17.0 Å². The van der Waals surface area contributed by atoms with Crippen LogP contribution in [0.1, 0.15) is 20.8 Å². The molecular weight excluding hydrogens is 487 g/mol. The van der Waals surface area contributed by atoms with Gasteiger partial charge in [-0.15, -0.1) is 0 Å². The van der Waals surface area contributed by atoms with Crippen molar-refractivity contribution in [2.24, 2.45) is 5.92 Å². The number of aliphatic hydroxyl groups is 1. The molecule has 34 heavy (non-hydrogen) atoms. The predicted molar refractivity (Wildman–Crippen MR) is 112 cm³/mol. The number of hydrogen-bond donors (Lipinski definition) is 2. The van der Waals surface area contributed by atoms with Gasteiger partial charge >= 0.3 is 6.18 Å². The second-order valence-corrected chi connectivity index (χ2v) is 11.1. The number of hydrogen-bond acceptors (Lipinski definition) is 7. The van der Waals surface area contributed by atoms with Crippen LogP contribution in [0.3, 0.4) is 0 Å². The van der Waals surface area contributed by atoms with E-state index in [1.54, 1.807) is 0 Å². The summed E-state index contributed by atoms with van der Waals surface area (Å²) in [5.41, 5.74) is 4.78. The number of nitrogen functional groups attached to an aromatic ring is 1. The molecule has 0 saturated heterocycles. The zero-order valence-electron chi connectivity index (χ0n) is 18.2. The van der Waals surface area contributed by atoms with Gasteiger partial charge in [-0.3, -0.25) is 4.40 Å². The number of anilines is 1. The van der Waals surface area contributed by atoms with Gasteiger partial charge in [0.1, 0.15) is 28.8 Å². The van der Waals surface area contributed by atoms with Crippen LogP contribution >= 0.6 is 0 Å². The van der Waals surface area contributed by atoms with Gasteiger partial charge < -0.3 is 15.6 Å². The predicted octanol–water partition coefficient (Wildman–Crippen LogP) is 3.38. The summed E-state index contributed by atoms with van der Waals surface area (Å²) in [4.78, 5) is 6.76. The lowest BCUT2D eigenvalue weighted by atomic mass is 10.2. The monoisotopic (exact) mass is 508 g/mol. The Labute approximate surface area is 191 Å². The van der Waals surface area contributed by atoms with E-state index in [2.05, 4.69) is 9.97 Å². The summed E-state index contributed by atoms with van der Waals surface area (Å²) in [7, 11) is -4.21. The average molecular weight is 508 g/mol. The van der Waals surface area contributed by atoms with E-state index >= 15 is 0 Å². The summed E-state index contributed by atoms with van der Waals surface area (Å²) >= 11 is 0. The van der Waals surface area contributed by atoms with Crippen LogP contribution in [-0.2, 0) is 9.84 Å². The maximum Gasteiger partial charge on any atom is 0.397 e. The lowest BCUT2D eigenvalue weighted by Gasteiger charge is -2.23. The number of pyridine rings is 2. The van der Waals surface area contributed by atoms with E-state index in [1.165, 1.54) is 20.8 Å². The van der Waals surface area contributed by atoms with Crippen LogP contribution in [-0.4, -0.2) is 52.0 Å². The van der Waals surface area contributed by atoms with E-state index in [1.807, 2.05) is 0 Å². The van der Waals surface area contributed by atoms with E-state index in [-0.39, 0.29) is 16.9 Å². The molecule has 0 spiro atoms. The van der Waals surface area contributed by atoms with E-state index in [4.69, 9.17) is 15.6 Å². The number of imidazole rings is 1. The van der Waals surface area contributed by atoms with Crippen LogP contribution in [0, 0.1) is 17.7 Å². The van der Waals surface area contributed by atoms with E-state index in [0.717, 1.165) is 28.9 Å². The second kappa shape index (κ2) is 8.65. The number of fused-ring (bicyclic) bond motifs is 1. The molecule has 186 valence electrons. The number of nitrogens with two attached hydrogens (primary N) is 1. The quantitative estimate of drug-likeness (QED) is 0.387. The molecule has 0 radical (unpaired) electrons. The number of ether oxygens (including phenoxy) is 1. The van der Waals surface area contributed by atoms with Gasteiger partial charge in [-0.1, -0.05) is 0 Å². The number of alkyl halides is 3. The third-order valence-electron chi connectivity index (χ3n) is 5.03. The van der Waals surface area contributed by atoms with Crippen LogP contribution in [0.5, 0.6) is 5.75 Å². The topological polar surface area (TPSA) is 120 Å². The van der Waals surface area contributed by atoms with Gasteiger partial charge in [0.25, 0.3) is 0 Å². The highest BCUT2D eigenvalue weighted by molar-refractivity contribution is 7.92. The Kier molecular flexibility index (Phi) is 6.52. The molecule has 0 aromatic carbocycles. The fraction of sp³-hybridized carbons (Fsp3) is 0.400. The molecule has 3 aromatic rings. The summed E-state index contributed by atoms with van der Waals surface area (Å²) < 4.78 is 98.8. The van der Waals surface area contributed by atoms with Crippen LogP contribution in [0.25, 0.3) is 16.9 Å².